The molecule has 0 saturated heterocycles. The zero-order valence-electron chi connectivity index (χ0n) is 17.0. The van der Waals surface area contributed by atoms with Gasteiger partial charge in [0.1, 0.15) is 12.1 Å². The van der Waals surface area contributed by atoms with Crippen LogP contribution in [0.1, 0.15) is 11.3 Å². The summed E-state index contributed by atoms with van der Waals surface area (Å²) >= 11 is 0. The molecule has 0 aliphatic heterocycles. The van der Waals surface area contributed by atoms with Gasteiger partial charge in [-0.2, -0.15) is 0 Å². The molecule has 0 aliphatic rings. The first-order valence-electron chi connectivity index (χ1n) is 10.0. The number of benzene rings is 2. The van der Waals surface area contributed by atoms with Crippen LogP contribution in [0.5, 0.6) is 0 Å². The second kappa shape index (κ2) is 8.28. The number of pyridine rings is 1. The molecular weight excluding hydrogens is 384 g/mol. The first kappa shape index (κ1) is 18.8. The minimum Gasteiger partial charge on any atom is -0.365 e. The predicted octanol–water partition coefficient (Wildman–Crippen LogP) is 5.07. The quantitative estimate of drug-likeness (QED) is 0.441. The normalized spacial score (nSPS) is 10.9. The summed E-state index contributed by atoms with van der Waals surface area (Å²) in [6.45, 7) is 2.68. The Balaban J connectivity index is 1.35. The lowest BCUT2D eigenvalue weighted by atomic mass is 10.0. The van der Waals surface area contributed by atoms with E-state index in [2.05, 4.69) is 60.6 Å². The van der Waals surface area contributed by atoms with Gasteiger partial charge in [0.2, 0.25) is 0 Å². The molecule has 1 N–H and O–H groups in total. The molecule has 6 heteroatoms. The third kappa shape index (κ3) is 4.09. The third-order valence-electron chi connectivity index (χ3n) is 5.14. The maximum Gasteiger partial charge on any atom is 0.137 e. The maximum atomic E-state index is 4.44. The SMILES string of the molecule is Cc1cc(-c2ccc(CNc3ncnc4cc(-c5cnccn5)ccc34)cc2)ccn1. The highest BCUT2D eigenvalue weighted by molar-refractivity contribution is 5.91. The fraction of sp³-hybridized carbons (Fsp3) is 0.0800. The largest absolute Gasteiger partial charge is 0.365 e. The summed E-state index contributed by atoms with van der Waals surface area (Å²) in [6.07, 6.45) is 8.53. The van der Waals surface area contributed by atoms with E-state index < -0.39 is 0 Å². The molecule has 2 aromatic carbocycles. The van der Waals surface area contributed by atoms with E-state index in [1.54, 1.807) is 24.9 Å². The van der Waals surface area contributed by atoms with Crippen molar-refractivity contribution in [3.05, 3.63) is 97.0 Å². The van der Waals surface area contributed by atoms with Gasteiger partial charge in [-0.1, -0.05) is 30.3 Å². The Morgan fingerprint density at radius 2 is 1.61 bits per heavy atom. The molecule has 31 heavy (non-hydrogen) atoms. The zero-order valence-corrected chi connectivity index (χ0v) is 17.0. The van der Waals surface area contributed by atoms with Crippen LogP contribution in [0.4, 0.5) is 5.82 Å². The van der Waals surface area contributed by atoms with Crippen LogP contribution in [-0.2, 0) is 6.54 Å². The second-order valence-corrected chi connectivity index (χ2v) is 7.28. The minimum absolute atomic E-state index is 0.674. The number of nitrogens with zero attached hydrogens (tertiary/aromatic N) is 5. The molecule has 0 saturated carbocycles. The Bertz CT molecular complexity index is 1330. The van der Waals surface area contributed by atoms with Gasteiger partial charge < -0.3 is 5.32 Å². The molecule has 0 bridgehead atoms. The van der Waals surface area contributed by atoms with Gasteiger partial charge in [0.25, 0.3) is 0 Å². The van der Waals surface area contributed by atoms with Crippen molar-refractivity contribution < 1.29 is 0 Å². The number of fused-ring (bicyclic) bond motifs is 1. The Labute approximate surface area is 180 Å². The monoisotopic (exact) mass is 404 g/mol. The molecule has 150 valence electrons. The van der Waals surface area contributed by atoms with Crippen molar-refractivity contribution >= 4 is 16.7 Å². The molecule has 0 spiro atoms. The van der Waals surface area contributed by atoms with Crippen molar-refractivity contribution in [2.75, 3.05) is 5.32 Å². The van der Waals surface area contributed by atoms with Crippen molar-refractivity contribution in [1.29, 1.82) is 0 Å². The molecule has 0 unspecified atom stereocenters. The lowest BCUT2D eigenvalue weighted by Crippen LogP contribution is -2.02. The van der Waals surface area contributed by atoms with Gasteiger partial charge in [0.05, 0.1) is 17.4 Å². The number of aryl methyl sites for hydroxylation is 1. The first-order chi connectivity index (χ1) is 15.3. The van der Waals surface area contributed by atoms with Crippen molar-refractivity contribution in [3.8, 4) is 22.4 Å². The molecule has 0 amide bonds. The van der Waals surface area contributed by atoms with Crippen molar-refractivity contribution in [2.45, 2.75) is 13.5 Å². The molecule has 6 nitrogen and oxygen atoms in total. The smallest absolute Gasteiger partial charge is 0.137 e. The van der Waals surface area contributed by atoms with Crippen molar-refractivity contribution in [2.24, 2.45) is 0 Å². The number of aromatic nitrogens is 5. The maximum absolute atomic E-state index is 4.44. The molecule has 3 aromatic heterocycles. The van der Waals surface area contributed by atoms with Crippen LogP contribution < -0.4 is 5.32 Å². The fourth-order valence-corrected chi connectivity index (χ4v) is 3.53. The molecule has 5 aromatic rings. The van der Waals surface area contributed by atoms with Gasteiger partial charge in [-0.3, -0.25) is 15.0 Å². The van der Waals surface area contributed by atoms with E-state index >= 15 is 0 Å². The Kier molecular flexibility index (Phi) is 5.02. The summed E-state index contributed by atoms with van der Waals surface area (Å²) in [6, 6.07) is 18.7. The molecule has 0 aliphatic carbocycles. The van der Waals surface area contributed by atoms with E-state index in [0.29, 0.717) is 6.54 Å². The summed E-state index contributed by atoms with van der Waals surface area (Å²) in [5, 5.41) is 4.41. The first-order valence-corrected chi connectivity index (χ1v) is 10.0. The van der Waals surface area contributed by atoms with Crippen LogP contribution in [0.15, 0.2) is 85.7 Å². The Hall–Kier alpha value is -4.19. The average molecular weight is 404 g/mol. The zero-order chi connectivity index (χ0) is 21.0. The van der Waals surface area contributed by atoms with E-state index in [1.807, 2.05) is 37.4 Å². The van der Waals surface area contributed by atoms with Gasteiger partial charge in [0.15, 0.2) is 0 Å². The molecule has 5 rings (SSSR count). The topological polar surface area (TPSA) is 76.5 Å². The van der Waals surface area contributed by atoms with E-state index in [-0.39, 0.29) is 0 Å². The van der Waals surface area contributed by atoms with Crippen LogP contribution in [0.25, 0.3) is 33.3 Å². The number of anilines is 1. The third-order valence-corrected chi connectivity index (χ3v) is 5.14. The van der Waals surface area contributed by atoms with Gasteiger partial charge in [-0.05, 0) is 47.9 Å². The van der Waals surface area contributed by atoms with E-state index in [4.69, 9.17) is 0 Å². The van der Waals surface area contributed by atoms with Crippen LogP contribution in [0.3, 0.4) is 0 Å². The molecular formula is C25H20N6. The van der Waals surface area contributed by atoms with Gasteiger partial charge in [-0.15, -0.1) is 0 Å². The molecule has 3 heterocycles. The van der Waals surface area contributed by atoms with Crippen LogP contribution in [0.2, 0.25) is 0 Å². The van der Waals surface area contributed by atoms with Crippen molar-refractivity contribution in [3.63, 3.8) is 0 Å². The highest BCUT2D eigenvalue weighted by Crippen LogP contribution is 2.25. The van der Waals surface area contributed by atoms with Crippen molar-refractivity contribution in [1.82, 2.24) is 24.9 Å². The van der Waals surface area contributed by atoms with E-state index in [1.165, 1.54) is 16.7 Å². The van der Waals surface area contributed by atoms with E-state index in [0.717, 1.165) is 33.7 Å². The number of hydrogen-bond acceptors (Lipinski definition) is 6. The fourth-order valence-electron chi connectivity index (χ4n) is 3.53. The van der Waals surface area contributed by atoms with Gasteiger partial charge in [-0.25, -0.2) is 9.97 Å². The van der Waals surface area contributed by atoms with Gasteiger partial charge in [0, 0.05) is 41.8 Å². The predicted molar refractivity (Wildman–Crippen MR) is 122 cm³/mol. The molecule has 0 fully saturated rings. The molecule has 0 radical (unpaired) electrons. The molecule has 0 atom stereocenters. The number of hydrogen-bond donors (Lipinski definition) is 1. The van der Waals surface area contributed by atoms with E-state index in [9.17, 15) is 0 Å². The lowest BCUT2D eigenvalue weighted by Gasteiger charge is -2.10. The summed E-state index contributed by atoms with van der Waals surface area (Å²) in [7, 11) is 0. The highest BCUT2D eigenvalue weighted by Gasteiger charge is 2.07. The van der Waals surface area contributed by atoms with Crippen LogP contribution in [0, 0.1) is 6.92 Å². The Morgan fingerprint density at radius 1 is 0.742 bits per heavy atom. The number of nitrogens with one attached hydrogen (secondary N) is 1. The van der Waals surface area contributed by atoms with Crippen LogP contribution >= 0.6 is 0 Å². The van der Waals surface area contributed by atoms with Crippen LogP contribution in [-0.4, -0.2) is 24.9 Å². The lowest BCUT2D eigenvalue weighted by molar-refractivity contribution is 1.10. The Morgan fingerprint density at radius 3 is 2.42 bits per heavy atom. The summed E-state index contributed by atoms with van der Waals surface area (Å²) in [5.74, 6) is 0.810. The summed E-state index contributed by atoms with van der Waals surface area (Å²) in [5.41, 5.74) is 7.21. The second-order valence-electron chi connectivity index (χ2n) is 7.28. The van der Waals surface area contributed by atoms with Gasteiger partial charge >= 0.3 is 0 Å². The minimum atomic E-state index is 0.674. The highest BCUT2D eigenvalue weighted by atomic mass is 15.0. The summed E-state index contributed by atoms with van der Waals surface area (Å²) in [4.78, 5) is 21.6. The average Bonchev–Trinajstić information content (AvgIpc) is 2.83. The number of rotatable bonds is 5. The standard InChI is InChI=1S/C25H20N6/c1-17-12-20(8-9-27-17)19-4-2-18(3-5-19)14-29-25-22-7-6-21(13-23(22)30-16-31-25)24-15-26-10-11-28-24/h2-13,15-16H,14H2,1H3,(H,29,30,31). The summed E-state index contributed by atoms with van der Waals surface area (Å²) < 4.78 is 0.